The van der Waals surface area contributed by atoms with Gasteiger partial charge in [-0.25, -0.2) is 13.8 Å². The van der Waals surface area contributed by atoms with Gasteiger partial charge in [0.15, 0.2) is 0 Å². The zero-order chi connectivity index (χ0) is 25.8. The maximum atomic E-state index is 12.9. The van der Waals surface area contributed by atoms with Gasteiger partial charge >= 0.3 is 0 Å². The molecular weight excluding hydrogens is 510 g/mol. The van der Waals surface area contributed by atoms with Gasteiger partial charge in [-0.2, -0.15) is 5.10 Å². The Morgan fingerprint density at radius 1 is 0.892 bits per heavy atom. The lowest BCUT2D eigenvalue weighted by atomic mass is 9.96. The van der Waals surface area contributed by atoms with Gasteiger partial charge in [-0.15, -0.1) is 0 Å². The number of amides is 1. The van der Waals surface area contributed by atoms with Crippen LogP contribution in [0.5, 0.6) is 5.75 Å². The predicted octanol–water partition coefficient (Wildman–Crippen LogP) is 5.80. The highest BCUT2D eigenvalue weighted by Crippen LogP contribution is 2.35. The van der Waals surface area contributed by atoms with E-state index in [0.29, 0.717) is 28.6 Å². The monoisotopic (exact) mass is 531 g/mol. The van der Waals surface area contributed by atoms with Crippen molar-refractivity contribution in [3.63, 3.8) is 0 Å². The second kappa shape index (κ2) is 10.5. The van der Waals surface area contributed by atoms with Crippen molar-refractivity contribution in [1.29, 1.82) is 0 Å². The molecule has 1 aliphatic heterocycles. The molecule has 4 aromatic carbocycles. The molecule has 1 unspecified atom stereocenters. The predicted molar refractivity (Wildman–Crippen MR) is 144 cm³/mol. The van der Waals surface area contributed by atoms with Gasteiger partial charge < -0.3 is 4.74 Å². The first-order valence-corrected chi connectivity index (χ1v) is 13.3. The number of carbonyl (C=O) groups is 1. The number of ether oxygens (including phenoxy) is 1. The number of hydrogen-bond acceptors (Lipinski definition) is 5. The average molecular weight is 532 g/mol. The summed E-state index contributed by atoms with van der Waals surface area (Å²) in [5.41, 5.74) is 5.55. The lowest BCUT2D eigenvalue weighted by molar-refractivity contribution is 0.0954. The number of hydrazone groups is 1. The molecule has 0 fully saturated rings. The molecule has 0 saturated carbocycles. The maximum absolute atomic E-state index is 12.9. The molecule has 2 N–H and O–H groups in total. The second-order valence-electron chi connectivity index (χ2n) is 8.36. The van der Waals surface area contributed by atoms with Crippen LogP contribution in [0.25, 0.3) is 0 Å². The van der Waals surface area contributed by atoms with Gasteiger partial charge in [-0.3, -0.25) is 9.52 Å². The van der Waals surface area contributed by atoms with E-state index in [-0.39, 0.29) is 16.6 Å². The molecular formula is C28H22ClN3O4S. The second-order valence-corrected chi connectivity index (χ2v) is 10.5. The van der Waals surface area contributed by atoms with Crippen molar-refractivity contribution < 1.29 is 17.9 Å². The highest BCUT2D eigenvalue weighted by Gasteiger charge is 2.26. The number of hydrogen-bond donors (Lipinski definition) is 2. The summed E-state index contributed by atoms with van der Waals surface area (Å²) in [5.74, 6) is 0.147. The van der Waals surface area contributed by atoms with E-state index in [4.69, 9.17) is 16.3 Å². The summed E-state index contributed by atoms with van der Waals surface area (Å²) in [6.45, 7) is 0. The van der Waals surface area contributed by atoms with E-state index in [2.05, 4.69) is 15.2 Å². The van der Waals surface area contributed by atoms with Gasteiger partial charge in [0.25, 0.3) is 15.9 Å². The summed E-state index contributed by atoms with van der Waals surface area (Å²) in [5, 5.41) is 4.90. The van der Waals surface area contributed by atoms with Crippen molar-refractivity contribution in [1.82, 2.24) is 5.43 Å². The van der Waals surface area contributed by atoms with Crippen LogP contribution in [0.15, 0.2) is 113 Å². The maximum Gasteiger partial charge on any atom is 0.271 e. The van der Waals surface area contributed by atoms with Crippen molar-refractivity contribution in [2.75, 3.05) is 4.72 Å². The van der Waals surface area contributed by atoms with Crippen LogP contribution < -0.4 is 14.9 Å². The molecule has 5 rings (SSSR count). The summed E-state index contributed by atoms with van der Waals surface area (Å²) in [6, 6.07) is 29.3. The van der Waals surface area contributed by atoms with E-state index >= 15 is 0 Å². The number of nitrogens with zero attached hydrogens (tertiary/aromatic N) is 1. The van der Waals surface area contributed by atoms with E-state index in [1.165, 1.54) is 24.3 Å². The van der Waals surface area contributed by atoms with Gasteiger partial charge in [-0.05, 0) is 60.2 Å². The minimum Gasteiger partial charge on any atom is -0.485 e. The van der Waals surface area contributed by atoms with Crippen molar-refractivity contribution in [3.8, 4) is 5.75 Å². The summed E-state index contributed by atoms with van der Waals surface area (Å²) < 4.78 is 34.4. The van der Waals surface area contributed by atoms with Gasteiger partial charge in [0.2, 0.25) is 0 Å². The molecule has 7 nitrogen and oxygen atoms in total. The lowest BCUT2D eigenvalue weighted by Crippen LogP contribution is -2.25. The Balaban J connectivity index is 1.36. The van der Waals surface area contributed by atoms with Crippen molar-refractivity contribution in [3.05, 3.63) is 125 Å². The van der Waals surface area contributed by atoms with Crippen LogP contribution in [0.1, 0.15) is 34.0 Å². The zero-order valence-electron chi connectivity index (χ0n) is 19.5. The van der Waals surface area contributed by atoms with Crippen LogP contribution in [-0.2, 0) is 10.0 Å². The topological polar surface area (TPSA) is 96.9 Å². The summed E-state index contributed by atoms with van der Waals surface area (Å²) in [6.07, 6.45) is 0.208. The number of rotatable bonds is 6. The molecule has 0 bridgehead atoms. The third kappa shape index (κ3) is 5.66. The molecule has 1 amide bonds. The molecule has 186 valence electrons. The van der Waals surface area contributed by atoms with Crippen LogP contribution in [0.3, 0.4) is 0 Å². The molecule has 1 aliphatic rings. The van der Waals surface area contributed by atoms with Crippen molar-refractivity contribution in [2.24, 2.45) is 5.10 Å². The Morgan fingerprint density at radius 3 is 2.41 bits per heavy atom. The Hall–Kier alpha value is -4.14. The number of carbonyl (C=O) groups excluding carboxylic acids is 1. The Morgan fingerprint density at radius 2 is 1.62 bits per heavy atom. The van der Waals surface area contributed by atoms with Crippen LogP contribution in [0.2, 0.25) is 5.02 Å². The zero-order valence-corrected chi connectivity index (χ0v) is 21.0. The Labute approximate surface area is 219 Å². The van der Waals surface area contributed by atoms with Crippen molar-refractivity contribution in [2.45, 2.75) is 17.4 Å². The number of sulfonamides is 1. The highest BCUT2D eigenvalue weighted by atomic mass is 35.5. The first-order chi connectivity index (χ1) is 17.9. The molecule has 1 heterocycles. The minimum atomic E-state index is -3.92. The highest BCUT2D eigenvalue weighted by molar-refractivity contribution is 7.92. The molecule has 0 aliphatic carbocycles. The standard InChI is InChI=1S/C28H22ClN3O4S/c29-21-13-15-22(16-14-21)32-37(34,35)23-10-6-9-20(17-23)28(33)31-30-25-18-27(19-7-2-1-3-8-19)36-26-12-5-4-11-24(25)26/h1-17,27,32H,18H2,(H,31,33)/b30-25-. The van der Waals surface area contributed by atoms with Crippen LogP contribution in [0, 0.1) is 0 Å². The number of halogens is 1. The molecule has 9 heteroatoms. The summed E-state index contributed by atoms with van der Waals surface area (Å²) >= 11 is 5.87. The fraction of sp³-hybridized carbons (Fsp3) is 0.0714. The fourth-order valence-electron chi connectivity index (χ4n) is 3.97. The minimum absolute atomic E-state index is 0.0525. The van der Waals surface area contributed by atoms with Crippen molar-refractivity contribution >= 4 is 38.9 Å². The number of fused-ring (bicyclic) bond motifs is 1. The van der Waals surface area contributed by atoms with Gasteiger partial charge in [0.05, 0.1) is 10.6 Å². The first-order valence-electron chi connectivity index (χ1n) is 11.5. The number of nitrogens with one attached hydrogen (secondary N) is 2. The van der Waals surface area contributed by atoms with E-state index in [1.807, 2.05) is 54.6 Å². The molecule has 0 spiro atoms. The van der Waals surface area contributed by atoms with E-state index < -0.39 is 15.9 Å². The van der Waals surface area contributed by atoms with E-state index in [1.54, 1.807) is 24.3 Å². The number of benzene rings is 4. The molecule has 4 aromatic rings. The SMILES string of the molecule is O=C(N/N=C1/CC(c2ccccc2)Oc2ccccc21)c1cccc(S(=O)(=O)Nc2ccc(Cl)cc2)c1. The molecule has 37 heavy (non-hydrogen) atoms. The number of para-hydroxylation sites is 1. The molecule has 0 radical (unpaired) electrons. The van der Waals surface area contributed by atoms with Crippen LogP contribution >= 0.6 is 11.6 Å². The van der Waals surface area contributed by atoms with Gasteiger partial charge in [0, 0.05) is 28.3 Å². The van der Waals surface area contributed by atoms with Crippen LogP contribution in [0.4, 0.5) is 5.69 Å². The largest absolute Gasteiger partial charge is 0.485 e. The number of anilines is 1. The normalized spacial score (nSPS) is 15.9. The third-order valence-corrected chi connectivity index (χ3v) is 7.44. The Bertz CT molecular complexity index is 1570. The Kier molecular flexibility index (Phi) is 6.94. The average Bonchev–Trinajstić information content (AvgIpc) is 2.93. The first kappa shape index (κ1) is 24.5. The smallest absolute Gasteiger partial charge is 0.271 e. The van der Waals surface area contributed by atoms with E-state index in [9.17, 15) is 13.2 Å². The summed E-state index contributed by atoms with van der Waals surface area (Å²) in [4.78, 5) is 12.9. The van der Waals surface area contributed by atoms with Gasteiger partial charge in [-0.1, -0.05) is 60.1 Å². The molecule has 0 saturated heterocycles. The fourth-order valence-corrected chi connectivity index (χ4v) is 5.20. The summed E-state index contributed by atoms with van der Waals surface area (Å²) in [7, 11) is -3.92. The van der Waals surface area contributed by atoms with Crippen LogP contribution in [-0.4, -0.2) is 20.0 Å². The quantitative estimate of drug-likeness (QED) is 0.307. The third-order valence-electron chi connectivity index (χ3n) is 5.81. The van der Waals surface area contributed by atoms with E-state index in [0.717, 1.165) is 11.1 Å². The molecule has 0 aromatic heterocycles. The molecule has 1 atom stereocenters. The lowest BCUT2D eigenvalue weighted by Gasteiger charge is -2.27. The van der Waals surface area contributed by atoms with Gasteiger partial charge in [0.1, 0.15) is 11.9 Å².